The molecule has 1 heterocycles. The van der Waals surface area contributed by atoms with E-state index in [1.807, 2.05) is 12.1 Å². The molecule has 0 aromatic carbocycles. The third-order valence-corrected chi connectivity index (χ3v) is 2.28. The number of hydrogen-bond donors (Lipinski definition) is 1. The quantitative estimate of drug-likeness (QED) is 0.746. The molecule has 0 aliphatic heterocycles. The van der Waals surface area contributed by atoms with Crippen LogP contribution in [0.5, 0.6) is 0 Å². The van der Waals surface area contributed by atoms with Gasteiger partial charge in [-0.1, -0.05) is 0 Å². The molecule has 4 heteroatoms. The maximum absolute atomic E-state index is 4.13. The lowest BCUT2D eigenvalue weighted by Gasteiger charge is -2.18. The monoisotopic (exact) mass is 197 g/mol. The van der Waals surface area contributed by atoms with Crippen molar-refractivity contribution in [3.63, 3.8) is 0 Å². The minimum Gasteiger partial charge on any atom is -0.356 e. The fourth-order valence-electron chi connectivity index (χ4n) is 1.15. The zero-order chi connectivity index (χ0) is 9.68. The summed E-state index contributed by atoms with van der Waals surface area (Å²) in [4.78, 5) is 2.16. The molecule has 0 amide bonds. The van der Waals surface area contributed by atoms with Gasteiger partial charge < -0.3 is 4.90 Å². The highest BCUT2D eigenvalue weighted by molar-refractivity contribution is 7.79. The Morgan fingerprint density at radius 1 is 1.23 bits per heavy atom. The van der Waals surface area contributed by atoms with E-state index in [2.05, 4.69) is 41.6 Å². The molecule has 0 bridgehead atoms. The van der Waals surface area contributed by atoms with Crippen LogP contribution in [0.25, 0.3) is 0 Å². The van der Waals surface area contributed by atoms with E-state index in [0.29, 0.717) is 5.75 Å². The largest absolute Gasteiger partial charge is 0.356 e. The molecule has 1 aromatic heterocycles. The Morgan fingerprint density at radius 2 is 1.92 bits per heavy atom. The van der Waals surface area contributed by atoms with E-state index in [9.17, 15) is 0 Å². The normalized spacial score (nSPS) is 10.1. The van der Waals surface area contributed by atoms with Crippen LogP contribution in [0.4, 0.5) is 5.82 Å². The summed E-state index contributed by atoms with van der Waals surface area (Å²) in [5.74, 6) is 1.58. The maximum atomic E-state index is 4.13. The van der Waals surface area contributed by atoms with E-state index in [0.717, 1.165) is 24.6 Å². The lowest BCUT2D eigenvalue weighted by molar-refractivity contribution is 0.817. The SMILES string of the molecule is CCN(CC)c1ccc(CS)nn1. The Bertz CT molecular complexity index is 244. The summed E-state index contributed by atoms with van der Waals surface area (Å²) in [5, 5.41) is 8.16. The van der Waals surface area contributed by atoms with Gasteiger partial charge in [-0.15, -0.1) is 5.10 Å². The zero-order valence-corrected chi connectivity index (χ0v) is 8.96. The minimum absolute atomic E-state index is 0.644. The third kappa shape index (κ3) is 2.59. The summed E-state index contributed by atoms with van der Waals surface area (Å²) in [6, 6.07) is 3.96. The molecule has 3 nitrogen and oxygen atoms in total. The molecule has 0 saturated carbocycles. The van der Waals surface area contributed by atoms with E-state index in [1.165, 1.54) is 0 Å². The van der Waals surface area contributed by atoms with Crippen molar-refractivity contribution in [2.24, 2.45) is 0 Å². The average molecular weight is 197 g/mol. The van der Waals surface area contributed by atoms with Crippen LogP contribution in [0.3, 0.4) is 0 Å². The standard InChI is InChI=1S/C9H15N3S/c1-3-12(4-2)9-6-5-8(7-13)10-11-9/h5-6,13H,3-4,7H2,1-2H3. The second-order valence-electron chi connectivity index (χ2n) is 2.71. The fraction of sp³-hybridized carbons (Fsp3) is 0.556. The first-order valence-corrected chi connectivity index (χ1v) is 5.13. The van der Waals surface area contributed by atoms with Crippen LogP contribution >= 0.6 is 12.6 Å². The van der Waals surface area contributed by atoms with Gasteiger partial charge in [0.05, 0.1) is 5.69 Å². The maximum Gasteiger partial charge on any atom is 0.151 e. The van der Waals surface area contributed by atoms with E-state index < -0.39 is 0 Å². The molecule has 0 atom stereocenters. The highest BCUT2D eigenvalue weighted by Gasteiger charge is 2.02. The van der Waals surface area contributed by atoms with Crippen molar-refractivity contribution in [3.8, 4) is 0 Å². The van der Waals surface area contributed by atoms with E-state index in [-0.39, 0.29) is 0 Å². The second-order valence-corrected chi connectivity index (χ2v) is 3.03. The molecular weight excluding hydrogens is 182 g/mol. The van der Waals surface area contributed by atoms with Crippen LogP contribution < -0.4 is 4.90 Å². The van der Waals surface area contributed by atoms with Gasteiger partial charge in [-0.05, 0) is 26.0 Å². The van der Waals surface area contributed by atoms with E-state index in [1.54, 1.807) is 0 Å². The molecular formula is C9H15N3S. The molecule has 0 radical (unpaired) electrons. The predicted molar refractivity (Wildman–Crippen MR) is 58.3 cm³/mol. The van der Waals surface area contributed by atoms with Gasteiger partial charge >= 0.3 is 0 Å². The lowest BCUT2D eigenvalue weighted by Crippen LogP contribution is -2.23. The van der Waals surface area contributed by atoms with Gasteiger partial charge in [0.15, 0.2) is 5.82 Å². The van der Waals surface area contributed by atoms with Gasteiger partial charge in [-0.3, -0.25) is 0 Å². The van der Waals surface area contributed by atoms with Crippen molar-refractivity contribution in [2.45, 2.75) is 19.6 Å². The van der Waals surface area contributed by atoms with Crippen molar-refractivity contribution in [1.29, 1.82) is 0 Å². The number of rotatable bonds is 4. The van der Waals surface area contributed by atoms with Crippen molar-refractivity contribution in [1.82, 2.24) is 10.2 Å². The first-order chi connectivity index (χ1) is 6.31. The zero-order valence-electron chi connectivity index (χ0n) is 8.06. The van der Waals surface area contributed by atoms with Crippen LogP contribution in [0.15, 0.2) is 12.1 Å². The number of thiol groups is 1. The summed E-state index contributed by atoms with van der Waals surface area (Å²) in [7, 11) is 0. The Kier molecular flexibility index (Phi) is 4.02. The van der Waals surface area contributed by atoms with E-state index >= 15 is 0 Å². The number of nitrogens with zero attached hydrogens (tertiary/aromatic N) is 3. The van der Waals surface area contributed by atoms with Crippen molar-refractivity contribution in [3.05, 3.63) is 17.8 Å². The van der Waals surface area contributed by atoms with Crippen LogP contribution in [0.2, 0.25) is 0 Å². The van der Waals surface area contributed by atoms with Gasteiger partial charge in [0, 0.05) is 18.8 Å². The van der Waals surface area contributed by atoms with Crippen molar-refractivity contribution in [2.75, 3.05) is 18.0 Å². The highest BCUT2D eigenvalue weighted by atomic mass is 32.1. The minimum atomic E-state index is 0.644. The summed E-state index contributed by atoms with van der Waals surface area (Å²) in [5.41, 5.74) is 0.916. The summed E-state index contributed by atoms with van der Waals surface area (Å²) in [6.45, 7) is 6.15. The van der Waals surface area contributed by atoms with Crippen LogP contribution in [-0.2, 0) is 5.75 Å². The van der Waals surface area contributed by atoms with Gasteiger partial charge in [0.25, 0.3) is 0 Å². The van der Waals surface area contributed by atoms with E-state index in [4.69, 9.17) is 0 Å². The van der Waals surface area contributed by atoms with Crippen LogP contribution in [0.1, 0.15) is 19.5 Å². The third-order valence-electron chi connectivity index (χ3n) is 1.96. The van der Waals surface area contributed by atoms with Gasteiger partial charge in [0.1, 0.15) is 0 Å². The van der Waals surface area contributed by atoms with Crippen molar-refractivity contribution < 1.29 is 0 Å². The molecule has 0 unspecified atom stereocenters. The van der Waals surface area contributed by atoms with Crippen molar-refractivity contribution >= 4 is 18.4 Å². The number of hydrogen-bond acceptors (Lipinski definition) is 4. The van der Waals surface area contributed by atoms with Gasteiger partial charge in [-0.2, -0.15) is 17.7 Å². The van der Waals surface area contributed by atoms with Gasteiger partial charge in [0.2, 0.25) is 0 Å². The number of aromatic nitrogens is 2. The molecule has 13 heavy (non-hydrogen) atoms. The topological polar surface area (TPSA) is 29.0 Å². The number of anilines is 1. The molecule has 0 fully saturated rings. The molecule has 0 aliphatic rings. The second kappa shape index (κ2) is 5.07. The Balaban J connectivity index is 2.78. The molecule has 0 aliphatic carbocycles. The fourth-order valence-corrected chi connectivity index (χ4v) is 1.32. The smallest absolute Gasteiger partial charge is 0.151 e. The molecule has 0 saturated heterocycles. The van der Waals surface area contributed by atoms with Crippen LogP contribution in [0, 0.1) is 0 Å². The summed E-state index contributed by atoms with van der Waals surface area (Å²) >= 11 is 4.13. The molecule has 0 spiro atoms. The van der Waals surface area contributed by atoms with Gasteiger partial charge in [-0.25, -0.2) is 0 Å². The molecule has 72 valence electrons. The Hall–Kier alpha value is -0.770. The molecule has 0 N–H and O–H groups in total. The Morgan fingerprint density at radius 3 is 2.31 bits per heavy atom. The average Bonchev–Trinajstić information content (AvgIpc) is 2.21. The lowest BCUT2D eigenvalue weighted by atomic mass is 10.4. The molecule has 1 aromatic rings. The summed E-state index contributed by atoms with van der Waals surface area (Å²) in [6.07, 6.45) is 0. The highest BCUT2D eigenvalue weighted by Crippen LogP contribution is 2.09. The molecule has 1 rings (SSSR count). The van der Waals surface area contributed by atoms with Crippen LogP contribution in [-0.4, -0.2) is 23.3 Å². The first-order valence-electron chi connectivity index (χ1n) is 4.50. The predicted octanol–water partition coefficient (Wildman–Crippen LogP) is 1.75. The Labute approximate surface area is 84.6 Å². The first kappa shape index (κ1) is 10.3. The summed E-state index contributed by atoms with van der Waals surface area (Å²) < 4.78 is 0.